The van der Waals surface area contributed by atoms with Gasteiger partial charge in [-0.1, -0.05) is 50.5 Å². The van der Waals surface area contributed by atoms with Crippen LogP contribution < -0.4 is 10.1 Å². The fraction of sp³-hybridized carbons (Fsp3) is 0.538. The third-order valence-corrected chi connectivity index (χ3v) is 6.92. The summed E-state index contributed by atoms with van der Waals surface area (Å²) in [4.78, 5) is 28.3. The molecule has 2 aliphatic carbocycles. The Morgan fingerprint density at radius 2 is 1.97 bits per heavy atom. The van der Waals surface area contributed by atoms with E-state index in [1.54, 1.807) is 17.1 Å². The second-order valence-corrected chi connectivity index (χ2v) is 9.03. The minimum absolute atomic E-state index is 0.00531. The standard InChI is InChI=1S/C26H34N2O5/c1-2-3-13-22(30)28(17-9-5-4-6-10-17)20-16-19(26(32)27-14-15-29)23-18-11-7-8-12-21(18)33-25(23)24(20)31/h3,7-8,11-13,16-17,20,23-25,29,31H,2,4-6,9-10,14-15H2,1H3,(H,27,32). The van der Waals surface area contributed by atoms with E-state index in [0.29, 0.717) is 11.3 Å². The van der Waals surface area contributed by atoms with Gasteiger partial charge in [0.1, 0.15) is 18.0 Å². The Morgan fingerprint density at radius 3 is 2.70 bits per heavy atom. The van der Waals surface area contributed by atoms with Crippen molar-refractivity contribution in [3.05, 3.63) is 53.6 Å². The van der Waals surface area contributed by atoms with Crippen molar-refractivity contribution in [2.45, 2.75) is 75.7 Å². The number of nitrogens with one attached hydrogen (secondary N) is 1. The van der Waals surface area contributed by atoms with Gasteiger partial charge in [0.25, 0.3) is 0 Å². The molecule has 178 valence electrons. The number of carbonyl (C=O) groups excluding carboxylic acids is 2. The van der Waals surface area contributed by atoms with E-state index in [4.69, 9.17) is 4.74 Å². The quantitative estimate of drug-likeness (QED) is 0.550. The SMILES string of the molecule is CCC=CC(=O)N(C1CCCCC1)C1C=C(C(=O)NCCO)C2c3ccccc3OC2C1O. The Labute approximate surface area is 195 Å². The molecule has 4 unspecified atom stereocenters. The number of hydrogen-bond donors (Lipinski definition) is 3. The minimum Gasteiger partial charge on any atom is -0.486 e. The van der Waals surface area contributed by atoms with Crippen molar-refractivity contribution in [1.29, 1.82) is 0 Å². The van der Waals surface area contributed by atoms with Crippen LogP contribution in [0.4, 0.5) is 0 Å². The molecule has 4 atom stereocenters. The number of para-hydroxylation sites is 1. The lowest BCUT2D eigenvalue weighted by Crippen LogP contribution is -2.58. The maximum absolute atomic E-state index is 13.3. The van der Waals surface area contributed by atoms with Crippen LogP contribution in [-0.2, 0) is 9.59 Å². The van der Waals surface area contributed by atoms with E-state index in [1.807, 2.05) is 37.3 Å². The third kappa shape index (κ3) is 4.70. The molecule has 3 aliphatic rings. The zero-order valence-corrected chi connectivity index (χ0v) is 19.2. The Balaban J connectivity index is 1.76. The summed E-state index contributed by atoms with van der Waals surface area (Å²) in [5, 5.41) is 23.5. The highest BCUT2D eigenvalue weighted by atomic mass is 16.5. The molecular weight excluding hydrogens is 420 g/mol. The van der Waals surface area contributed by atoms with Crippen LogP contribution >= 0.6 is 0 Å². The largest absolute Gasteiger partial charge is 0.486 e. The molecule has 2 amide bonds. The van der Waals surface area contributed by atoms with Gasteiger partial charge in [-0.25, -0.2) is 0 Å². The first kappa shape index (κ1) is 23.5. The monoisotopic (exact) mass is 454 g/mol. The molecule has 1 fully saturated rings. The number of benzene rings is 1. The van der Waals surface area contributed by atoms with Gasteiger partial charge < -0.3 is 25.2 Å². The highest BCUT2D eigenvalue weighted by molar-refractivity contribution is 5.96. The summed E-state index contributed by atoms with van der Waals surface area (Å²) < 4.78 is 6.16. The highest BCUT2D eigenvalue weighted by Gasteiger charge is 2.51. The van der Waals surface area contributed by atoms with E-state index in [-0.39, 0.29) is 31.0 Å². The van der Waals surface area contributed by atoms with E-state index >= 15 is 0 Å². The second-order valence-electron chi connectivity index (χ2n) is 9.03. The zero-order valence-electron chi connectivity index (χ0n) is 19.2. The summed E-state index contributed by atoms with van der Waals surface area (Å²) in [5.74, 6) is -0.236. The molecular formula is C26H34N2O5. The summed E-state index contributed by atoms with van der Waals surface area (Å²) >= 11 is 0. The van der Waals surface area contributed by atoms with Crippen LogP contribution in [0.1, 0.15) is 56.9 Å². The average Bonchev–Trinajstić information content (AvgIpc) is 3.23. The number of hydrogen-bond acceptors (Lipinski definition) is 5. The molecule has 0 saturated heterocycles. The molecule has 1 aromatic rings. The molecule has 3 N–H and O–H groups in total. The first-order valence-corrected chi connectivity index (χ1v) is 12.1. The second kappa shape index (κ2) is 10.5. The van der Waals surface area contributed by atoms with Crippen LogP contribution in [0.15, 0.2) is 48.1 Å². The number of aliphatic hydroxyl groups is 2. The number of ether oxygens (including phenoxy) is 1. The molecule has 1 saturated carbocycles. The van der Waals surface area contributed by atoms with E-state index in [9.17, 15) is 19.8 Å². The number of aliphatic hydroxyl groups excluding tert-OH is 2. The first-order valence-electron chi connectivity index (χ1n) is 12.1. The third-order valence-electron chi connectivity index (χ3n) is 6.92. The molecule has 1 heterocycles. The molecule has 0 radical (unpaired) electrons. The smallest absolute Gasteiger partial charge is 0.247 e. The van der Waals surface area contributed by atoms with Gasteiger partial charge >= 0.3 is 0 Å². The molecule has 33 heavy (non-hydrogen) atoms. The Morgan fingerprint density at radius 1 is 1.21 bits per heavy atom. The van der Waals surface area contributed by atoms with E-state index in [2.05, 4.69) is 5.32 Å². The van der Waals surface area contributed by atoms with Gasteiger partial charge in [-0.15, -0.1) is 0 Å². The minimum atomic E-state index is -0.974. The highest BCUT2D eigenvalue weighted by Crippen LogP contribution is 2.47. The molecule has 0 spiro atoms. The zero-order chi connectivity index (χ0) is 23.4. The topological polar surface area (TPSA) is 99.1 Å². The lowest BCUT2D eigenvalue weighted by Gasteiger charge is -2.44. The van der Waals surface area contributed by atoms with E-state index in [1.165, 1.54) is 0 Å². The average molecular weight is 455 g/mol. The number of allylic oxidation sites excluding steroid dienone is 1. The predicted molar refractivity (Wildman–Crippen MR) is 125 cm³/mol. The van der Waals surface area contributed by atoms with Crippen LogP contribution in [0.25, 0.3) is 0 Å². The van der Waals surface area contributed by atoms with Crippen molar-refractivity contribution >= 4 is 11.8 Å². The van der Waals surface area contributed by atoms with Crippen LogP contribution in [0, 0.1) is 0 Å². The number of fused-ring (bicyclic) bond motifs is 3. The van der Waals surface area contributed by atoms with Gasteiger partial charge in [-0.2, -0.15) is 0 Å². The summed E-state index contributed by atoms with van der Waals surface area (Å²) in [6, 6.07) is 6.83. The maximum atomic E-state index is 13.3. The van der Waals surface area contributed by atoms with Gasteiger partial charge in [0.2, 0.25) is 11.8 Å². The van der Waals surface area contributed by atoms with Gasteiger partial charge in [-0.3, -0.25) is 9.59 Å². The maximum Gasteiger partial charge on any atom is 0.247 e. The Hall–Kier alpha value is -2.64. The van der Waals surface area contributed by atoms with E-state index < -0.39 is 24.2 Å². The van der Waals surface area contributed by atoms with Crippen molar-refractivity contribution in [2.75, 3.05) is 13.2 Å². The van der Waals surface area contributed by atoms with Crippen LogP contribution in [0.2, 0.25) is 0 Å². The van der Waals surface area contributed by atoms with Crippen molar-refractivity contribution < 1.29 is 24.5 Å². The van der Waals surface area contributed by atoms with Crippen LogP contribution in [0.3, 0.4) is 0 Å². The lowest BCUT2D eigenvalue weighted by atomic mass is 9.77. The number of nitrogens with zero attached hydrogens (tertiary/aromatic N) is 1. The number of carbonyl (C=O) groups is 2. The molecule has 1 aromatic carbocycles. The predicted octanol–water partition coefficient (Wildman–Crippen LogP) is 2.44. The summed E-state index contributed by atoms with van der Waals surface area (Å²) in [6.07, 6.45) is 9.25. The van der Waals surface area contributed by atoms with E-state index in [0.717, 1.165) is 44.1 Å². The van der Waals surface area contributed by atoms with Crippen molar-refractivity contribution in [3.8, 4) is 5.75 Å². The Bertz CT molecular complexity index is 921. The van der Waals surface area contributed by atoms with Crippen molar-refractivity contribution in [1.82, 2.24) is 10.2 Å². The fourth-order valence-electron chi connectivity index (χ4n) is 5.40. The van der Waals surface area contributed by atoms with Crippen LogP contribution in [-0.4, -0.2) is 64.4 Å². The van der Waals surface area contributed by atoms with Gasteiger partial charge in [-0.05, 0) is 37.5 Å². The van der Waals surface area contributed by atoms with Gasteiger partial charge in [0.15, 0.2) is 0 Å². The van der Waals surface area contributed by atoms with Crippen molar-refractivity contribution in [2.24, 2.45) is 0 Å². The van der Waals surface area contributed by atoms with Crippen molar-refractivity contribution in [3.63, 3.8) is 0 Å². The first-order chi connectivity index (χ1) is 16.1. The summed E-state index contributed by atoms with van der Waals surface area (Å²) in [5.41, 5.74) is 1.33. The van der Waals surface area contributed by atoms with Gasteiger partial charge in [0.05, 0.1) is 18.6 Å². The number of rotatable bonds is 7. The molecule has 0 aromatic heterocycles. The van der Waals surface area contributed by atoms with Gasteiger partial charge in [0, 0.05) is 23.7 Å². The molecule has 1 aliphatic heterocycles. The molecule has 0 bridgehead atoms. The number of amides is 2. The Kier molecular flexibility index (Phi) is 7.50. The molecule has 7 nitrogen and oxygen atoms in total. The van der Waals surface area contributed by atoms with Crippen LogP contribution in [0.5, 0.6) is 5.75 Å². The fourth-order valence-corrected chi connectivity index (χ4v) is 5.40. The lowest BCUT2D eigenvalue weighted by molar-refractivity contribution is -0.136. The normalized spacial score (nSPS) is 26.8. The summed E-state index contributed by atoms with van der Waals surface area (Å²) in [7, 11) is 0. The molecule has 4 rings (SSSR count). The summed E-state index contributed by atoms with van der Waals surface area (Å²) in [6.45, 7) is 1.94. The molecule has 7 heteroatoms.